The van der Waals surface area contributed by atoms with Crippen molar-refractivity contribution in [3.05, 3.63) is 18.0 Å². The Balaban J connectivity index is 1.62. The quantitative estimate of drug-likeness (QED) is 0.792. The van der Waals surface area contributed by atoms with Crippen LogP contribution in [0, 0.1) is 0 Å². The molecule has 1 N–H and O–H groups in total. The summed E-state index contributed by atoms with van der Waals surface area (Å²) in [5.74, 6) is 0.0765. The van der Waals surface area contributed by atoms with Crippen molar-refractivity contribution in [2.24, 2.45) is 0 Å². The zero-order valence-corrected chi connectivity index (χ0v) is 10.6. The van der Waals surface area contributed by atoms with E-state index < -0.39 is 0 Å². The van der Waals surface area contributed by atoms with Crippen LogP contribution in [0.2, 0.25) is 0 Å². The Labute approximate surface area is 106 Å². The molecule has 0 bridgehead atoms. The zero-order valence-electron chi connectivity index (χ0n) is 10.6. The van der Waals surface area contributed by atoms with Crippen molar-refractivity contribution in [2.75, 3.05) is 33.3 Å². The van der Waals surface area contributed by atoms with Crippen molar-refractivity contribution in [3.63, 3.8) is 0 Å². The van der Waals surface area contributed by atoms with Gasteiger partial charge in [0.25, 0.3) is 0 Å². The molecule has 1 spiro atoms. The lowest BCUT2D eigenvalue weighted by Gasteiger charge is -2.38. The highest BCUT2D eigenvalue weighted by Gasteiger charge is 2.43. The van der Waals surface area contributed by atoms with E-state index in [0.29, 0.717) is 6.54 Å². The molecule has 3 heterocycles. The van der Waals surface area contributed by atoms with Crippen LogP contribution in [0.1, 0.15) is 12.1 Å². The van der Waals surface area contributed by atoms with Crippen molar-refractivity contribution in [1.82, 2.24) is 20.0 Å². The van der Waals surface area contributed by atoms with E-state index in [2.05, 4.69) is 15.1 Å². The van der Waals surface area contributed by atoms with Crippen LogP contribution in [0.3, 0.4) is 0 Å². The van der Waals surface area contributed by atoms with Crippen molar-refractivity contribution in [3.8, 4) is 0 Å². The molecule has 1 aromatic rings. The first-order chi connectivity index (χ1) is 8.67. The topological polar surface area (TPSA) is 61.5 Å². The lowest BCUT2D eigenvalue weighted by Crippen LogP contribution is -2.54. The molecule has 2 saturated heterocycles. The molecule has 2 fully saturated rings. The van der Waals surface area contributed by atoms with Crippen LogP contribution in [0.15, 0.2) is 12.3 Å². The summed E-state index contributed by atoms with van der Waals surface area (Å²) in [4.78, 5) is 15.6. The van der Waals surface area contributed by atoms with Crippen LogP contribution >= 0.6 is 0 Å². The summed E-state index contributed by atoms with van der Waals surface area (Å²) in [5.41, 5.74) is 0.954. The Morgan fingerprint density at radius 2 is 2.44 bits per heavy atom. The number of H-pyrrole nitrogens is 1. The Kier molecular flexibility index (Phi) is 2.83. The highest BCUT2D eigenvalue weighted by atomic mass is 16.5. The van der Waals surface area contributed by atoms with E-state index in [9.17, 15) is 4.79 Å². The molecule has 1 amide bonds. The fourth-order valence-corrected chi connectivity index (χ4v) is 2.81. The Bertz CT molecular complexity index is 433. The van der Waals surface area contributed by atoms with Crippen LogP contribution < -0.4 is 0 Å². The lowest BCUT2D eigenvalue weighted by atomic mass is 10.0. The number of hydrogen-bond acceptors (Lipinski definition) is 4. The molecule has 18 heavy (non-hydrogen) atoms. The fourth-order valence-electron chi connectivity index (χ4n) is 2.81. The third-order valence-corrected chi connectivity index (χ3v) is 3.80. The predicted molar refractivity (Wildman–Crippen MR) is 64.8 cm³/mol. The first-order valence-electron chi connectivity index (χ1n) is 6.25. The van der Waals surface area contributed by atoms with Crippen molar-refractivity contribution in [2.45, 2.75) is 18.6 Å². The van der Waals surface area contributed by atoms with Gasteiger partial charge in [0.15, 0.2) is 0 Å². The van der Waals surface area contributed by atoms with Crippen LogP contribution in [-0.2, 0) is 16.1 Å². The molecule has 0 saturated carbocycles. The average Bonchev–Trinajstić information content (AvgIpc) is 2.96. The summed E-state index contributed by atoms with van der Waals surface area (Å²) in [6.07, 6.45) is 2.75. The summed E-state index contributed by atoms with van der Waals surface area (Å²) in [6.45, 7) is 3.66. The van der Waals surface area contributed by atoms with Gasteiger partial charge < -0.3 is 9.64 Å². The van der Waals surface area contributed by atoms with Gasteiger partial charge in [-0.2, -0.15) is 5.10 Å². The van der Waals surface area contributed by atoms with Gasteiger partial charge in [0.1, 0.15) is 12.2 Å². The number of rotatable bonds is 2. The average molecular weight is 250 g/mol. The molecule has 2 aliphatic heterocycles. The van der Waals surface area contributed by atoms with Gasteiger partial charge in [-0.25, -0.2) is 0 Å². The van der Waals surface area contributed by atoms with E-state index >= 15 is 0 Å². The molecule has 1 aromatic heterocycles. The van der Waals surface area contributed by atoms with E-state index in [1.165, 1.54) is 0 Å². The van der Waals surface area contributed by atoms with Gasteiger partial charge in [-0.15, -0.1) is 0 Å². The van der Waals surface area contributed by atoms with E-state index in [0.717, 1.165) is 31.7 Å². The number of hydrogen-bond donors (Lipinski definition) is 1. The Morgan fingerprint density at radius 1 is 1.56 bits per heavy atom. The SMILES string of the molecule is CN1CC2(CCN(Cc3ccn[nH]3)C2)OCC1=O. The number of likely N-dealkylation sites (N-methyl/N-ethyl adjacent to an activating group) is 1. The molecule has 1 unspecified atom stereocenters. The van der Waals surface area contributed by atoms with E-state index in [1.807, 2.05) is 13.1 Å². The van der Waals surface area contributed by atoms with Crippen LogP contribution in [-0.4, -0.2) is 64.8 Å². The highest BCUT2D eigenvalue weighted by molar-refractivity contribution is 5.78. The van der Waals surface area contributed by atoms with E-state index in [4.69, 9.17) is 4.74 Å². The molecule has 2 aliphatic rings. The molecule has 0 aromatic carbocycles. The second kappa shape index (κ2) is 4.37. The third-order valence-electron chi connectivity index (χ3n) is 3.80. The molecule has 1 atom stereocenters. The maximum absolute atomic E-state index is 11.4. The van der Waals surface area contributed by atoms with Gasteiger partial charge in [0.05, 0.1) is 6.54 Å². The first-order valence-corrected chi connectivity index (χ1v) is 6.25. The van der Waals surface area contributed by atoms with Gasteiger partial charge in [0, 0.05) is 38.6 Å². The minimum atomic E-state index is -0.164. The summed E-state index contributed by atoms with van der Waals surface area (Å²) in [7, 11) is 1.85. The lowest BCUT2D eigenvalue weighted by molar-refractivity contribution is -0.159. The largest absolute Gasteiger partial charge is 0.362 e. The normalized spacial score (nSPS) is 29.4. The monoisotopic (exact) mass is 250 g/mol. The molecule has 6 heteroatoms. The molecule has 3 rings (SSSR count). The summed E-state index contributed by atoms with van der Waals surface area (Å²) in [6, 6.07) is 1.99. The number of carbonyl (C=O) groups is 1. The maximum Gasteiger partial charge on any atom is 0.248 e. The molecular weight excluding hydrogens is 232 g/mol. The Morgan fingerprint density at radius 3 is 3.17 bits per heavy atom. The minimum absolute atomic E-state index is 0.0765. The van der Waals surface area contributed by atoms with Gasteiger partial charge in [-0.3, -0.25) is 14.8 Å². The molecule has 6 nitrogen and oxygen atoms in total. The molecular formula is C12H18N4O2. The molecule has 98 valence electrons. The van der Waals surface area contributed by atoms with Gasteiger partial charge in [-0.1, -0.05) is 0 Å². The number of aromatic amines is 1. The van der Waals surface area contributed by atoms with Crippen LogP contribution in [0.4, 0.5) is 0 Å². The predicted octanol–water partition coefficient (Wildman–Crippen LogP) is -0.157. The number of amides is 1. The van der Waals surface area contributed by atoms with Gasteiger partial charge >= 0.3 is 0 Å². The van der Waals surface area contributed by atoms with E-state index in [-0.39, 0.29) is 18.1 Å². The van der Waals surface area contributed by atoms with Crippen LogP contribution in [0.25, 0.3) is 0 Å². The summed E-state index contributed by atoms with van der Waals surface area (Å²) >= 11 is 0. The number of carbonyl (C=O) groups excluding carboxylic acids is 1. The van der Waals surface area contributed by atoms with Gasteiger partial charge in [0.2, 0.25) is 5.91 Å². The van der Waals surface area contributed by atoms with Crippen molar-refractivity contribution < 1.29 is 9.53 Å². The molecule has 0 radical (unpaired) electrons. The van der Waals surface area contributed by atoms with Crippen LogP contribution in [0.5, 0.6) is 0 Å². The third kappa shape index (κ3) is 2.13. The number of nitrogens with one attached hydrogen (secondary N) is 1. The number of ether oxygens (including phenoxy) is 1. The first kappa shape index (κ1) is 11.7. The minimum Gasteiger partial charge on any atom is -0.362 e. The fraction of sp³-hybridized carbons (Fsp3) is 0.667. The van der Waals surface area contributed by atoms with Crippen molar-refractivity contribution in [1.29, 1.82) is 0 Å². The molecule has 0 aliphatic carbocycles. The standard InChI is InChI=1S/C12H18N4O2/c1-15-8-12(18-7-11(15)17)3-5-16(9-12)6-10-2-4-13-14-10/h2,4H,3,5-9H2,1H3,(H,13,14). The second-order valence-corrected chi connectivity index (χ2v) is 5.26. The van der Waals surface area contributed by atoms with E-state index in [1.54, 1.807) is 11.1 Å². The zero-order chi connectivity index (χ0) is 12.6. The summed E-state index contributed by atoms with van der Waals surface area (Å²) < 4.78 is 5.80. The number of likely N-dealkylation sites (tertiary alicyclic amines) is 1. The van der Waals surface area contributed by atoms with Crippen molar-refractivity contribution >= 4 is 5.91 Å². The number of nitrogens with zero attached hydrogens (tertiary/aromatic N) is 3. The Hall–Kier alpha value is -1.40. The number of aromatic nitrogens is 2. The summed E-state index contributed by atoms with van der Waals surface area (Å²) in [5, 5.41) is 6.93. The smallest absolute Gasteiger partial charge is 0.248 e. The second-order valence-electron chi connectivity index (χ2n) is 5.26. The van der Waals surface area contributed by atoms with Gasteiger partial charge in [-0.05, 0) is 12.5 Å². The maximum atomic E-state index is 11.4. The highest BCUT2D eigenvalue weighted by Crippen LogP contribution is 2.29. The number of morpholine rings is 1.